The number of nitrogens with zero attached hydrogens (tertiary/aromatic N) is 1. The van der Waals surface area contributed by atoms with Crippen LogP contribution in [0.2, 0.25) is 0 Å². The van der Waals surface area contributed by atoms with E-state index in [0.29, 0.717) is 6.42 Å². The molecule has 0 saturated heterocycles. The molecule has 3 nitrogen and oxygen atoms in total. The average molecular weight is 733 g/mol. The largest absolute Gasteiger partial charge is 0.392 e. The molecule has 2 unspecified atom stereocenters. The summed E-state index contributed by atoms with van der Waals surface area (Å²) in [5.74, 6) is 0. The van der Waals surface area contributed by atoms with Gasteiger partial charge in [-0.25, -0.2) is 0 Å². The third-order valence-corrected chi connectivity index (χ3v) is 9.45. The number of hydrogen-bond acceptors (Lipinski definition) is 3. The average Bonchev–Trinajstić information content (AvgIpc) is 2.97. The van der Waals surface area contributed by atoms with Crippen molar-refractivity contribution in [1.82, 2.24) is 4.98 Å². The van der Waals surface area contributed by atoms with E-state index in [0.717, 1.165) is 30.5 Å². The molecule has 4 rings (SSSR count). The summed E-state index contributed by atoms with van der Waals surface area (Å²) in [5, 5.41) is 25.1. The minimum atomic E-state index is -0.427. The first-order valence-electron chi connectivity index (χ1n) is 14.9. The maximum atomic E-state index is 10.0. The van der Waals surface area contributed by atoms with Gasteiger partial charge in [-0.3, -0.25) is 0 Å². The summed E-state index contributed by atoms with van der Waals surface area (Å²) in [5.41, 5.74) is 3.31. The molecule has 0 aliphatic heterocycles. The molecule has 0 aliphatic rings. The molecule has 1 aromatic heterocycles. The quantitative estimate of drug-likeness (QED) is 0.133. The Bertz CT molecular complexity index is 1390. The van der Waals surface area contributed by atoms with E-state index >= 15 is 0 Å². The number of aliphatic hydroxyl groups is 2. The van der Waals surface area contributed by atoms with Gasteiger partial charge in [0.15, 0.2) is 0 Å². The zero-order valence-electron chi connectivity index (χ0n) is 26.5. The molecule has 1 heterocycles. The van der Waals surface area contributed by atoms with Crippen molar-refractivity contribution >= 4 is 21.5 Å². The van der Waals surface area contributed by atoms with Crippen molar-refractivity contribution in [3.63, 3.8) is 0 Å². The fourth-order valence-electron chi connectivity index (χ4n) is 4.61. The fraction of sp³-hybridized carbons (Fsp3) is 0.486. The molecule has 0 aliphatic carbocycles. The van der Waals surface area contributed by atoms with Gasteiger partial charge < -0.3 is 15.2 Å². The monoisotopic (exact) mass is 733 g/mol. The van der Waals surface area contributed by atoms with E-state index in [4.69, 9.17) is 0 Å². The Hall–Kier alpha value is -2.10. The van der Waals surface area contributed by atoms with Crippen LogP contribution in [-0.4, -0.2) is 27.4 Å². The predicted octanol–water partition coefficient (Wildman–Crippen LogP) is 9.51. The van der Waals surface area contributed by atoms with E-state index in [-0.39, 0.29) is 36.4 Å². The summed E-state index contributed by atoms with van der Waals surface area (Å²) in [6.07, 6.45) is 4.49. The molecule has 225 valence electrons. The van der Waals surface area contributed by atoms with Gasteiger partial charge in [-0.2, -0.15) is 0 Å². The van der Waals surface area contributed by atoms with Gasteiger partial charge >= 0.3 is 0 Å². The third-order valence-electron chi connectivity index (χ3n) is 9.45. The first kappa shape index (κ1) is 35.1. The minimum absolute atomic E-state index is 0. The van der Waals surface area contributed by atoms with Crippen molar-refractivity contribution in [2.75, 3.05) is 0 Å². The third kappa shape index (κ3) is 8.48. The van der Waals surface area contributed by atoms with Crippen LogP contribution < -0.4 is 0 Å². The number of pyridine rings is 1. The fourth-order valence-corrected chi connectivity index (χ4v) is 4.61. The second-order valence-electron chi connectivity index (χ2n) is 13.3. The van der Waals surface area contributed by atoms with E-state index in [1.165, 1.54) is 27.1 Å². The first-order chi connectivity index (χ1) is 18.8. The molecule has 1 radical (unpaired) electrons. The van der Waals surface area contributed by atoms with Crippen molar-refractivity contribution in [3.05, 3.63) is 78.5 Å². The smallest absolute Gasteiger partial charge is 0.0615 e. The maximum Gasteiger partial charge on any atom is 0.0615 e. The summed E-state index contributed by atoms with van der Waals surface area (Å²) in [6.45, 7) is 19.1. The van der Waals surface area contributed by atoms with Crippen LogP contribution in [0.3, 0.4) is 0 Å². The summed E-state index contributed by atoms with van der Waals surface area (Å²) in [4.78, 5) is 4.61. The first-order valence-corrected chi connectivity index (χ1v) is 14.9. The maximum absolute atomic E-state index is 10.0. The van der Waals surface area contributed by atoms with Crippen molar-refractivity contribution in [1.29, 1.82) is 0 Å². The molecule has 0 amide bonds. The van der Waals surface area contributed by atoms with Crippen LogP contribution in [0.15, 0.2) is 66.9 Å². The molecular weight excluding hydrogens is 683 g/mol. The Labute approximate surface area is 262 Å². The number of benzene rings is 3. The molecular formula is C37H50IrNO2-. The van der Waals surface area contributed by atoms with Crippen LogP contribution in [0.5, 0.6) is 0 Å². The molecule has 0 bridgehead atoms. The van der Waals surface area contributed by atoms with Gasteiger partial charge in [0.05, 0.1) is 12.2 Å². The number of hydrogen-bond donors (Lipinski definition) is 2. The van der Waals surface area contributed by atoms with E-state index in [1.54, 1.807) is 0 Å². The van der Waals surface area contributed by atoms with Gasteiger partial charge in [0, 0.05) is 32.7 Å². The SMILES string of the molecule is CCC(C)(C)C(O)CC(O)C(C)(C)CC.CCC(C)(C)c1ccnc(-c2[c-]cc3ccc4ccccc4c3c2)c1.[Ir]. The topological polar surface area (TPSA) is 53.4 Å². The molecule has 0 fully saturated rings. The van der Waals surface area contributed by atoms with E-state index < -0.39 is 12.2 Å². The Morgan fingerprint density at radius 2 is 1.32 bits per heavy atom. The van der Waals surface area contributed by atoms with Crippen LogP contribution in [-0.2, 0) is 25.5 Å². The summed E-state index contributed by atoms with van der Waals surface area (Å²) < 4.78 is 0. The molecule has 2 atom stereocenters. The van der Waals surface area contributed by atoms with Gasteiger partial charge in [0.25, 0.3) is 0 Å². The van der Waals surface area contributed by atoms with Gasteiger partial charge in [-0.15, -0.1) is 23.8 Å². The van der Waals surface area contributed by atoms with Crippen molar-refractivity contribution in [2.45, 2.75) is 106 Å². The van der Waals surface area contributed by atoms with Crippen LogP contribution >= 0.6 is 0 Å². The summed E-state index contributed by atoms with van der Waals surface area (Å²) in [7, 11) is 0. The normalized spacial score (nSPS) is 13.7. The van der Waals surface area contributed by atoms with Crippen molar-refractivity contribution in [2.24, 2.45) is 10.8 Å². The van der Waals surface area contributed by atoms with Crippen LogP contribution in [0.1, 0.15) is 93.6 Å². The van der Waals surface area contributed by atoms with E-state index in [1.807, 2.05) is 33.9 Å². The predicted molar refractivity (Wildman–Crippen MR) is 172 cm³/mol. The van der Waals surface area contributed by atoms with Gasteiger partial charge in [0.2, 0.25) is 0 Å². The summed E-state index contributed by atoms with van der Waals surface area (Å²) >= 11 is 0. The summed E-state index contributed by atoms with van der Waals surface area (Å²) in [6, 6.07) is 24.9. The van der Waals surface area contributed by atoms with Gasteiger partial charge in [-0.05, 0) is 63.6 Å². The minimum Gasteiger partial charge on any atom is -0.392 e. The second-order valence-corrected chi connectivity index (χ2v) is 13.3. The van der Waals surface area contributed by atoms with Crippen molar-refractivity contribution in [3.8, 4) is 11.3 Å². The number of aromatic nitrogens is 1. The van der Waals surface area contributed by atoms with Crippen LogP contribution in [0.4, 0.5) is 0 Å². The van der Waals surface area contributed by atoms with Gasteiger partial charge in [-0.1, -0.05) is 116 Å². The molecule has 2 N–H and O–H groups in total. The Kier molecular flexibility index (Phi) is 12.3. The zero-order chi connectivity index (χ0) is 29.7. The van der Waals surface area contributed by atoms with E-state index in [2.05, 4.69) is 106 Å². The Balaban J connectivity index is 0.000000320. The standard InChI is InChI=1S/C24H22N.C13H28O2.Ir/c1-4-24(2,3)20-13-14-25-23(16-20)19-12-11-18-10-9-17-7-5-6-8-21(17)22(18)15-19;1-7-12(3,4)10(14)9-11(15)13(5,6)8-2;/h5-11,13-16H,4H2,1-3H3;10-11,14-15H,7-9H2,1-6H3;/q-1;;. The van der Waals surface area contributed by atoms with Crippen LogP contribution in [0.25, 0.3) is 32.8 Å². The number of fused-ring (bicyclic) bond motifs is 3. The molecule has 0 saturated carbocycles. The van der Waals surface area contributed by atoms with Crippen molar-refractivity contribution < 1.29 is 30.3 Å². The number of aliphatic hydroxyl groups excluding tert-OH is 2. The second kappa shape index (κ2) is 14.4. The Morgan fingerprint density at radius 1 is 0.732 bits per heavy atom. The number of rotatable bonds is 9. The molecule has 41 heavy (non-hydrogen) atoms. The molecule has 4 heteroatoms. The molecule has 0 spiro atoms. The van der Waals surface area contributed by atoms with E-state index in [9.17, 15) is 10.2 Å². The van der Waals surface area contributed by atoms with Gasteiger partial charge in [0.1, 0.15) is 0 Å². The zero-order valence-corrected chi connectivity index (χ0v) is 28.9. The molecule has 4 aromatic rings. The van der Waals surface area contributed by atoms with Crippen LogP contribution in [0, 0.1) is 16.9 Å². The Morgan fingerprint density at radius 3 is 1.90 bits per heavy atom. The molecule has 3 aromatic carbocycles.